The van der Waals surface area contributed by atoms with E-state index < -0.39 is 18.0 Å². The number of likely N-dealkylation sites (N-methyl/N-ethyl adjacent to an activating group) is 1. The number of nitrogens with two attached hydrogens (primary N) is 1. The number of hydrogen-bond acceptors (Lipinski definition) is 4. The number of aliphatic hydroxyl groups excluding tert-OH is 2. The van der Waals surface area contributed by atoms with E-state index in [0.29, 0.717) is 11.1 Å². The third kappa shape index (κ3) is 2.69. The van der Waals surface area contributed by atoms with Crippen molar-refractivity contribution in [1.82, 2.24) is 5.32 Å². The second kappa shape index (κ2) is 5.25. The van der Waals surface area contributed by atoms with Crippen LogP contribution >= 0.6 is 0 Å². The summed E-state index contributed by atoms with van der Waals surface area (Å²) in [7, 11) is 1.66. The quantitative estimate of drug-likeness (QED) is 0.560. The van der Waals surface area contributed by atoms with Crippen LogP contribution in [0.25, 0.3) is 0 Å². The van der Waals surface area contributed by atoms with Crippen molar-refractivity contribution in [3.63, 3.8) is 0 Å². The lowest BCUT2D eigenvalue weighted by Crippen LogP contribution is -2.30. The summed E-state index contributed by atoms with van der Waals surface area (Å²) in [6.07, 6.45) is -2.14. The minimum absolute atomic E-state index is 0.219. The molecule has 0 saturated carbocycles. The summed E-state index contributed by atoms with van der Waals surface area (Å²) in [6, 6.07) is 2.38. The first-order chi connectivity index (χ1) is 7.47. The number of aliphatic hydroxyl groups is 2. The average molecular weight is 228 g/mol. The van der Waals surface area contributed by atoms with Gasteiger partial charge in [-0.3, -0.25) is 0 Å². The lowest BCUT2D eigenvalue weighted by Gasteiger charge is -2.20. The minimum atomic E-state index is -1.15. The maximum absolute atomic E-state index is 13.1. The van der Waals surface area contributed by atoms with E-state index in [-0.39, 0.29) is 12.2 Å². The summed E-state index contributed by atoms with van der Waals surface area (Å²) in [5.41, 5.74) is 6.76. The molecule has 0 spiro atoms. The highest BCUT2D eigenvalue weighted by molar-refractivity contribution is 5.51. The summed E-state index contributed by atoms with van der Waals surface area (Å²) in [6.45, 7) is 1.90. The Morgan fingerprint density at radius 1 is 1.44 bits per heavy atom. The molecular formula is C11H17FN2O2. The zero-order chi connectivity index (χ0) is 12.3. The molecule has 5 N–H and O–H groups in total. The Kier molecular flexibility index (Phi) is 4.23. The fourth-order valence-electron chi connectivity index (χ4n) is 1.56. The van der Waals surface area contributed by atoms with Gasteiger partial charge < -0.3 is 21.3 Å². The lowest BCUT2D eigenvalue weighted by molar-refractivity contribution is 0.0197. The van der Waals surface area contributed by atoms with Gasteiger partial charge in [-0.1, -0.05) is 0 Å². The molecule has 2 unspecified atom stereocenters. The Morgan fingerprint density at radius 3 is 2.62 bits per heavy atom. The maximum Gasteiger partial charge on any atom is 0.125 e. The molecule has 0 aromatic heterocycles. The molecule has 0 aliphatic rings. The van der Waals surface area contributed by atoms with Gasteiger partial charge in [-0.15, -0.1) is 0 Å². The average Bonchev–Trinajstić information content (AvgIpc) is 2.22. The number of benzene rings is 1. The number of halogens is 1. The van der Waals surface area contributed by atoms with Gasteiger partial charge >= 0.3 is 0 Å². The van der Waals surface area contributed by atoms with Crippen molar-refractivity contribution in [2.45, 2.75) is 19.1 Å². The second-order valence-electron chi connectivity index (χ2n) is 3.78. The Balaban J connectivity index is 3.03. The number of hydrogen-bond donors (Lipinski definition) is 4. The van der Waals surface area contributed by atoms with Gasteiger partial charge in [-0.2, -0.15) is 0 Å². The molecule has 4 nitrogen and oxygen atoms in total. The van der Waals surface area contributed by atoms with Crippen LogP contribution in [-0.2, 0) is 0 Å². The topological polar surface area (TPSA) is 78.5 Å². The lowest BCUT2D eigenvalue weighted by atomic mass is 9.98. The number of nitrogens with one attached hydrogen (secondary N) is 1. The molecule has 0 aliphatic carbocycles. The van der Waals surface area contributed by atoms with E-state index in [0.717, 1.165) is 0 Å². The summed E-state index contributed by atoms with van der Waals surface area (Å²) < 4.78 is 13.1. The van der Waals surface area contributed by atoms with Crippen LogP contribution in [0, 0.1) is 12.7 Å². The molecule has 0 amide bonds. The van der Waals surface area contributed by atoms with Crippen LogP contribution in [0.3, 0.4) is 0 Å². The van der Waals surface area contributed by atoms with Gasteiger partial charge in [0.2, 0.25) is 0 Å². The largest absolute Gasteiger partial charge is 0.398 e. The zero-order valence-electron chi connectivity index (χ0n) is 9.37. The van der Waals surface area contributed by atoms with E-state index >= 15 is 0 Å². The molecule has 5 heteroatoms. The van der Waals surface area contributed by atoms with Crippen LogP contribution in [0.15, 0.2) is 12.1 Å². The number of rotatable bonds is 4. The van der Waals surface area contributed by atoms with E-state index in [1.54, 1.807) is 14.0 Å². The molecule has 0 radical (unpaired) electrons. The monoisotopic (exact) mass is 228 g/mol. The van der Waals surface area contributed by atoms with Gasteiger partial charge in [0.25, 0.3) is 0 Å². The molecule has 0 heterocycles. The van der Waals surface area contributed by atoms with Crippen LogP contribution in [0.5, 0.6) is 0 Å². The van der Waals surface area contributed by atoms with Crippen molar-refractivity contribution in [3.05, 3.63) is 29.1 Å². The van der Waals surface area contributed by atoms with Crippen molar-refractivity contribution >= 4 is 5.69 Å². The van der Waals surface area contributed by atoms with Crippen LogP contribution < -0.4 is 11.1 Å². The van der Waals surface area contributed by atoms with Crippen LogP contribution in [-0.4, -0.2) is 29.9 Å². The van der Waals surface area contributed by atoms with Crippen molar-refractivity contribution < 1.29 is 14.6 Å². The predicted octanol–water partition coefficient (Wildman–Crippen LogP) is 0.330. The highest BCUT2D eigenvalue weighted by atomic mass is 19.1. The van der Waals surface area contributed by atoms with E-state index in [9.17, 15) is 14.6 Å². The first-order valence-corrected chi connectivity index (χ1v) is 5.03. The smallest absolute Gasteiger partial charge is 0.125 e. The Bertz CT molecular complexity index is 371. The summed E-state index contributed by atoms with van der Waals surface area (Å²) in [4.78, 5) is 0. The Labute approximate surface area is 93.9 Å². The summed E-state index contributed by atoms with van der Waals surface area (Å²) in [5.74, 6) is -0.520. The van der Waals surface area contributed by atoms with E-state index in [2.05, 4.69) is 5.32 Å². The summed E-state index contributed by atoms with van der Waals surface area (Å²) in [5, 5.41) is 22.2. The van der Waals surface area contributed by atoms with E-state index in [1.165, 1.54) is 12.1 Å². The van der Waals surface area contributed by atoms with Gasteiger partial charge in [0.1, 0.15) is 11.9 Å². The molecule has 1 rings (SSSR count). The maximum atomic E-state index is 13.1. The molecular weight excluding hydrogens is 211 g/mol. The number of nitrogen functional groups attached to an aromatic ring is 1. The normalized spacial score (nSPS) is 14.8. The first-order valence-electron chi connectivity index (χ1n) is 5.03. The molecule has 0 saturated heterocycles. The third-order valence-electron chi connectivity index (χ3n) is 2.55. The van der Waals surface area contributed by atoms with Gasteiger partial charge in [0.05, 0.1) is 6.10 Å². The van der Waals surface area contributed by atoms with Gasteiger partial charge in [-0.05, 0) is 37.2 Å². The van der Waals surface area contributed by atoms with Crippen LogP contribution in [0.2, 0.25) is 0 Å². The molecule has 2 atom stereocenters. The standard InChI is InChI=1S/C11H17FN2O2/c1-6-8(3-7(12)4-9(6)13)11(16)10(15)5-14-2/h3-4,10-11,14-16H,5,13H2,1-2H3. The van der Waals surface area contributed by atoms with E-state index in [4.69, 9.17) is 5.73 Å². The fraction of sp³-hybridized carbons (Fsp3) is 0.455. The van der Waals surface area contributed by atoms with Gasteiger partial charge in [0.15, 0.2) is 0 Å². The minimum Gasteiger partial charge on any atom is -0.398 e. The molecule has 0 aliphatic heterocycles. The molecule has 16 heavy (non-hydrogen) atoms. The molecule has 0 fully saturated rings. The van der Waals surface area contributed by atoms with Crippen molar-refractivity contribution in [1.29, 1.82) is 0 Å². The van der Waals surface area contributed by atoms with Gasteiger partial charge in [0, 0.05) is 12.2 Å². The van der Waals surface area contributed by atoms with Gasteiger partial charge in [-0.25, -0.2) is 4.39 Å². The zero-order valence-corrected chi connectivity index (χ0v) is 9.37. The molecule has 1 aromatic rings. The fourth-order valence-corrected chi connectivity index (χ4v) is 1.56. The third-order valence-corrected chi connectivity index (χ3v) is 2.55. The van der Waals surface area contributed by atoms with Crippen LogP contribution in [0.1, 0.15) is 17.2 Å². The van der Waals surface area contributed by atoms with Crippen molar-refractivity contribution in [3.8, 4) is 0 Å². The number of anilines is 1. The molecule has 1 aromatic carbocycles. The van der Waals surface area contributed by atoms with E-state index in [1.807, 2.05) is 0 Å². The summed E-state index contributed by atoms with van der Waals surface area (Å²) >= 11 is 0. The Hall–Kier alpha value is -1.17. The molecule has 0 bridgehead atoms. The highest BCUT2D eigenvalue weighted by Gasteiger charge is 2.21. The Morgan fingerprint density at radius 2 is 2.06 bits per heavy atom. The second-order valence-corrected chi connectivity index (χ2v) is 3.78. The predicted molar refractivity (Wildman–Crippen MR) is 60.4 cm³/mol. The van der Waals surface area contributed by atoms with Crippen molar-refractivity contribution in [2.75, 3.05) is 19.3 Å². The highest BCUT2D eigenvalue weighted by Crippen LogP contribution is 2.26. The molecule has 90 valence electrons. The first kappa shape index (κ1) is 12.9. The van der Waals surface area contributed by atoms with Crippen molar-refractivity contribution in [2.24, 2.45) is 0 Å². The SMILES string of the molecule is CNCC(O)C(O)c1cc(F)cc(N)c1C. The van der Waals surface area contributed by atoms with Crippen LogP contribution in [0.4, 0.5) is 10.1 Å².